The Hall–Kier alpha value is -2.05. The molecule has 0 amide bonds. The summed E-state index contributed by atoms with van der Waals surface area (Å²) in [6.45, 7) is 0.989. The third kappa shape index (κ3) is 3.17. The molecule has 0 saturated carbocycles. The van der Waals surface area contributed by atoms with Gasteiger partial charge in [-0.15, -0.1) is 0 Å². The Bertz CT molecular complexity index is 637. The van der Waals surface area contributed by atoms with Crippen molar-refractivity contribution in [3.8, 4) is 0 Å². The number of nitrogen functional groups attached to an aromatic ring is 1. The van der Waals surface area contributed by atoms with Crippen molar-refractivity contribution in [3.63, 3.8) is 0 Å². The number of nitrogens with zero attached hydrogens (tertiary/aromatic N) is 3. The van der Waals surface area contributed by atoms with Gasteiger partial charge in [0.15, 0.2) is 0 Å². The highest BCUT2D eigenvalue weighted by Crippen LogP contribution is 2.33. The third-order valence-corrected chi connectivity index (χ3v) is 3.69. The lowest BCUT2D eigenvalue weighted by Crippen LogP contribution is -2.25. The summed E-state index contributed by atoms with van der Waals surface area (Å²) < 4.78 is 13.4. The molecule has 3 N–H and O–H groups in total. The van der Waals surface area contributed by atoms with E-state index in [1.54, 1.807) is 18.3 Å². The predicted octanol–water partition coefficient (Wildman–Crippen LogP) is 1.51. The maximum Gasteiger partial charge on any atom is 0.144 e. The molecule has 1 fully saturated rings. The molecule has 5 nitrogen and oxygen atoms in total. The molecule has 1 aromatic carbocycles. The van der Waals surface area contributed by atoms with Crippen LogP contribution in [0.3, 0.4) is 0 Å². The van der Waals surface area contributed by atoms with Crippen molar-refractivity contribution in [2.45, 2.75) is 25.1 Å². The number of halogens is 1. The molecule has 21 heavy (non-hydrogen) atoms. The van der Waals surface area contributed by atoms with Gasteiger partial charge in [-0.1, -0.05) is 12.1 Å². The zero-order valence-corrected chi connectivity index (χ0v) is 11.5. The fourth-order valence-corrected chi connectivity index (χ4v) is 2.79. The maximum absolute atomic E-state index is 13.4. The molecule has 6 heteroatoms. The molecular formula is C15H17FN4O. The van der Waals surface area contributed by atoms with Gasteiger partial charge in [0.1, 0.15) is 17.5 Å². The van der Waals surface area contributed by atoms with Crippen LogP contribution in [0, 0.1) is 5.82 Å². The fourth-order valence-electron chi connectivity index (χ4n) is 2.79. The van der Waals surface area contributed by atoms with E-state index in [0.29, 0.717) is 31.2 Å². The Morgan fingerprint density at radius 3 is 3.00 bits per heavy atom. The minimum absolute atomic E-state index is 0.0410. The fraction of sp³-hybridized carbons (Fsp3) is 0.333. The van der Waals surface area contributed by atoms with Crippen LogP contribution in [0.5, 0.6) is 0 Å². The first-order valence-corrected chi connectivity index (χ1v) is 6.87. The van der Waals surface area contributed by atoms with Gasteiger partial charge in [0.25, 0.3) is 0 Å². The summed E-state index contributed by atoms with van der Waals surface area (Å²) in [4.78, 5) is 10.4. The van der Waals surface area contributed by atoms with E-state index >= 15 is 0 Å². The van der Waals surface area contributed by atoms with Crippen LogP contribution in [0.4, 0.5) is 10.2 Å². The summed E-state index contributed by atoms with van der Waals surface area (Å²) in [5.41, 5.74) is 6.51. The van der Waals surface area contributed by atoms with E-state index in [4.69, 9.17) is 5.73 Å². The first-order chi connectivity index (χ1) is 10.1. The van der Waals surface area contributed by atoms with Gasteiger partial charge in [-0.25, -0.2) is 14.4 Å². The Balaban J connectivity index is 1.82. The highest BCUT2D eigenvalue weighted by molar-refractivity contribution is 5.25. The Morgan fingerprint density at radius 2 is 2.24 bits per heavy atom. The molecule has 3 rings (SSSR count). The van der Waals surface area contributed by atoms with Crippen molar-refractivity contribution < 1.29 is 9.50 Å². The number of aliphatic hydroxyl groups excluding tert-OH is 1. The second-order valence-electron chi connectivity index (χ2n) is 5.29. The van der Waals surface area contributed by atoms with Crippen molar-refractivity contribution in [1.82, 2.24) is 14.9 Å². The molecule has 0 aliphatic carbocycles. The number of hydrogen-bond donors (Lipinski definition) is 2. The maximum atomic E-state index is 13.4. The van der Waals surface area contributed by atoms with Crippen molar-refractivity contribution in [3.05, 3.63) is 53.7 Å². The molecule has 1 aliphatic heterocycles. The van der Waals surface area contributed by atoms with Crippen molar-refractivity contribution in [2.24, 2.45) is 0 Å². The smallest absolute Gasteiger partial charge is 0.144 e. The molecule has 1 saturated heterocycles. The second-order valence-corrected chi connectivity index (χ2v) is 5.29. The average Bonchev–Trinajstić information content (AvgIpc) is 2.79. The van der Waals surface area contributed by atoms with Gasteiger partial charge >= 0.3 is 0 Å². The number of benzene rings is 1. The molecule has 0 unspecified atom stereocenters. The Labute approximate surface area is 122 Å². The summed E-state index contributed by atoms with van der Waals surface area (Å²) in [7, 11) is 0. The molecule has 2 atom stereocenters. The zero-order chi connectivity index (χ0) is 14.8. The molecule has 0 spiro atoms. The van der Waals surface area contributed by atoms with Crippen LogP contribution in [0.2, 0.25) is 0 Å². The summed E-state index contributed by atoms with van der Waals surface area (Å²) in [5, 5.41) is 9.93. The summed E-state index contributed by atoms with van der Waals surface area (Å²) >= 11 is 0. The van der Waals surface area contributed by atoms with Gasteiger partial charge in [-0.3, -0.25) is 4.90 Å². The molecular weight excluding hydrogens is 271 g/mol. The normalized spacial score (nSPS) is 22.6. The Morgan fingerprint density at radius 1 is 1.38 bits per heavy atom. The van der Waals surface area contributed by atoms with Crippen LogP contribution >= 0.6 is 0 Å². The minimum Gasteiger partial charge on any atom is -0.392 e. The topological polar surface area (TPSA) is 75.3 Å². The van der Waals surface area contributed by atoms with Gasteiger partial charge in [-0.05, 0) is 30.2 Å². The molecule has 0 bridgehead atoms. The van der Waals surface area contributed by atoms with Crippen molar-refractivity contribution in [1.29, 1.82) is 0 Å². The second kappa shape index (κ2) is 5.75. The monoisotopic (exact) mass is 288 g/mol. The van der Waals surface area contributed by atoms with E-state index in [-0.39, 0.29) is 11.9 Å². The quantitative estimate of drug-likeness (QED) is 0.895. The number of β-amino-alcohol motifs (C(OH)–C–C–N with tert-alkyl or cyclic N) is 1. The van der Waals surface area contributed by atoms with Gasteiger partial charge in [0.2, 0.25) is 0 Å². The van der Waals surface area contributed by atoms with Gasteiger partial charge in [-0.2, -0.15) is 0 Å². The predicted molar refractivity (Wildman–Crippen MR) is 76.6 cm³/mol. The summed E-state index contributed by atoms with van der Waals surface area (Å²) in [5.74, 6) is 0.751. The van der Waals surface area contributed by atoms with Crippen LogP contribution in [-0.2, 0) is 6.54 Å². The lowest BCUT2D eigenvalue weighted by atomic mass is 10.0. The van der Waals surface area contributed by atoms with E-state index in [1.807, 2.05) is 11.0 Å². The molecule has 1 aromatic heterocycles. The molecule has 1 aliphatic rings. The number of likely N-dealkylation sites (tertiary alicyclic amines) is 1. The van der Waals surface area contributed by atoms with Crippen LogP contribution in [0.15, 0.2) is 36.5 Å². The number of aromatic nitrogens is 2. The van der Waals surface area contributed by atoms with Gasteiger partial charge in [0, 0.05) is 18.8 Å². The SMILES string of the molecule is Nc1ccnc(CN2C[C@@H](O)C[C@@H]2c2cccc(F)c2)n1. The summed E-state index contributed by atoms with van der Waals surface area (Å²) in [6, 6.07) is 8.08. The van der Waals surface area contributed by atoms with E-state index < -0.39 is 6.10 Å². The lowest BCUT2D eigenvalue weighted by molar-refractivity contribution is 0.171. The zero-order valence-electron chi connectivity index (χ0n) is 11.5. The van der Waals surface area contributed by atoms with E-state index in [0.717, 1.165) is 5.56 Å². The molecule has 0 radical (unpaired) electrons. The van der Waals surface area contributed by atoms with Gasteiger partial charge < -0.3 is 10.8 Å². The average molecular weight is 288 g/mol. The number of rotatable bonds is 3. The standard InChI is InChI=1S/C15H17FN4O/c16-11-3-1-2-10(6-11)13-7-12(21)8-20(13)9-15-18-5-4-14(17)19-15/h1-6,12-13,21H,7-9H2,(H2,17,18,19)/t12-,13+/m0/s1. The van der Waals surface area contributed by atoms with Crippen molar-refractivity contribution >= 4 is 5.82 Å². The van der Waals surface area contributed by atoms with Crippen LogP contribution in [0.25, 0.3) is 0 Å². The minimum atomic E-state index is -0.431. The molecule has 110 valence electrons. The summed E-state index contributed by atoms with van der Waals surface area (Å²) in [6.07, 6.45) is 1.76. The number of anilines is 1. The number of aliphatic hydroxyl groups is 1. The van der Waals surface area contributed by atoms with Crippen LogP contribution < -0.4 is 5.73 Å². The van der Waals surface area contributed by atoms with Crippen LogP contribution in [0.1, 0.15) is 23.9 Å². The number of hydrogen-bond acceptors (Lipinski definition) is 5. The van der Waals surface area contributed by atoms with E-state index in [2.05, 4.69) is 9.97 Å². The largest absolute Gasteiger partial charge is 0.392 e. The lowest BCUT2D eigenvalue weighted by Gasteiger charge is -2.23. The van der Waals surface area contributed by atoms with E-state index in [9.17, 15) is 9.50 Å². The van der Waals surface area contributed by atoms with E-state index in [1.165, 1.54) is 12.1 Å². The van der Waals surface area contributed by atoms with Crippen molar-refractivity contribution in [2.75, 3.05) is 12.3 Å². The highest BCUT2D eigenvalue weighted by atomic mass is 19.1. The first-order valence-electron chi connectivity index (χ1n) is 6.87. The van der Waals surface area contributed by atoms with Crippen LogP contribution in [-0.4, -0.2) is 32.6 Å². The van der Waals surface area contributed by atoms with Gasteiger partial charge in [0.05, 0.1) is 12.6 Å². The Kier molecular flexibility index (Phi) is 3.81. The number of nitrogens with two attached hydrogens (primary N) is 1. The molecule has 2 heterocycles. The third-order valence-electron chi connectivity index (χ3n) is 3.69. The molecule has 2 aromatic rings. The highest BCUT2D eigenvalue weighted by Gasteiger charge is 2.32. The first kappa shape index (κ1) is 13.9.